The largest absolute Gasteiger partial charge is 0.472 e. The van der Waals surface area contributed by atoms with Gasteiger partial charge in [0.15, 0.2) is 0 Å². The molecule has 280 valence electrons. The summed E-state index contributed by atoms with van der Waals surface area (Å²) < 4.78 is 33.2. The van der Waals surface area contributed by atoms with Crippen molar-refractivity contribution in [2.45, 2.75) is 187 Å². The van der Waals surface area contributed by atoms with E-state index in [1.807, 2.05) is 0 Å². The van der Waals surface area contributed by atoms with E-state index in [0.29, 0.717) is 6.61 Å². The Morgan fingerprint density at radius 3 is 1.60 bits per heavy atom. The SMILES string of the molecule is CCCCCCCC/C=C\CCCCCCCC(=O)OC(COCCCCCCCCCCCCC)COP(=O)(O)OCC(O)CO. The maximum absolute atomic E-state index is 12.5. The fourth-order valence-electron chi connectivity index (χ4n) is 5.23. The number of aliphatic hydroxyl groups excluding tert-OH is 2. The molecule has 0 heterocycles. The zero-order valence-electron chi connectivity index (χ0n) is 30.3. The highest BCUT2D eigenvalue weighted by Gasteiger charge is 2.26. The molecule has 0 saturated carbocycles. The van der Waals surface area contributed by atoms with Crippen LogP contribution in [-0.4, -0.2) is 66.3 Å². The number of hydrogen-bond donors (Lipinski definition) is 3. The van der Waals surface area contributed by atoms with Crippen LogP contribution in [0, 0.1) is 0 Å². The number of aliphatic hydroxyl groups is 2. The first-order valence-corrected chi connectivity index (χ1v) is 20.7. The predicted octanol–water partition coefficient (Wildman–Crippen LogP) is 9.75. The molecule has 0 aromatic heterocycles. The van der Waals surface area contributed by atoms with E-state index in [0.717, 1.165) is 51.4 Å². The first kappa shape index (κ1) is 46.2. The molecule has 10 heteroatoms. The van der Waals surface area contributed by atoms with Crippen molar-refractivity contribution in [2.75, 3.05) is 33.0 Å². The van der Waals surface area contributed by atoms with Gasteiger partial charge < -0.3 is 24.6 Å². The van der Waals surface area contributed by atoms with E-state index in [-0.39, 0.29) is 25.6 Å². The molecule has 0 radical (unpaired) electrons. The Hall–Kier alpha value is -0.800. The van der Waals surface area contributed by atoms with Crippen LogP contribution in [0.1, 0.15) is 174 Å². The number of ether oxygens (including phenoxy) is 2. The molecule has 0 rings (SSSR count). The summed E-state index contributed by atoms with van der Waals surface area (Å²) in [5.41, 5.74) is 0. The van der Waals surface area contributed by atoms with Gasteiger partial charge in [0, 0.05) is 13.0 Å². The Bertz CT molecular complexity index is 749. The van der Waals surface area contributed by atoms with E-state index in [9.17, 15) is 19.4 Å². The molecule has 3 N–H and O–H groups in total. The van der Waals surface area contributed by atoms with Crippen LogP contribution in [-0.2, 0) is 27.9 Å². The minimum Gasteiger partial charge on any atom is -0.457 e. The van der Waals surface area contributed by atoms with Gasteiger partial charge in [-0.2, -0.15) is 0 Å². The molecular formula is C37H73O9P. The molecule has 0 aliphatic carbocycles. The van der Waals surface area contributed by atoms with Crippen molar-refractivity contribution < 1.29 is 43.0 Å². The molecule has 0 saturated heterocycles. The topological polar surface area (TPSA) is 132 Å². The second-order valence-corrected chi connectivity index (χ2v) is 14.4. The highest BCUT2D eigenvalue weighted by Crippen LogP contribution is 2.43. The van der Waals surface area contributed by atoms with Gasteiger partial charge in [0.1, 0.15) is 12.2 Å². The van der Waals surface area contributed by atoms with Crippen LogP contribution < -0.4 is 0 Å². The minimum atomic E-state index is -4.50. The van der Waals surface area contributed by atoms with Crippen molar-refractivity contribution in [3.63, 3.8) is 0 Å². The van der Waals surface area contributed by atoms with Crippen molar-refractivity contribution in [2.24, 2.45) is 0 Å². The molecule has 0 aliphatic heterocycles. The van der Waals surface area contributed by atoms with E-state index in [1.165, 1.54) is 103 Å². The molecule has 3 unspecified atom stereocenters. The van der Waals surface area contributed by atoms with Gasteiger partial charge in [-0.25, -0.2) is 4.57 Å². The number of phosphoric acid groups is 1. The van der Waals surface area contributed by atoms with Crippen molar-refractivity contribution in [1.82, 2.24) is 0 Å². The van der Waals surface area contributed by atoms with Crippen molar-refractivity contribution >= 4 is 13.8 Å². The smallest absolute Gasteiger partial charge is 0.457 e. The summed E-state index contributed by atoms with van der Waals surface area (Å²) in [4.78, 5) is 22.4. The molecule has 0 bridgehead atoms. The van der Waals surface area contributed by atoms with Gasteiger partial charge in [-0.05, 0) is 38.5 Å². The Morgan fingerprint density at radius 2 is 1.09 bits per heavy atom. The molecular weight excluding hydrogens is 619 g/mol. The van der Waals surface area contributed by atoms with Gasteiger partial charge >= 0.3 is 13.8 Å². The average molecular weight is 693 g/mol. The van der Waals surface area contributed by atoms with Gasteiger partial charge in [-0.3, -0.25) is 13.8 Å². The Balaban J connectivity index is 4.22. The third-order valence-corrected chi connectivity index (χ3v) is 9.15. The number of rotatable bonds is 37. The summed E-state index contributed by atoms with van der Waals surface area (Å²) in [5.74, 6) is -0.390. The zero-order valence-corrected chi connectivity index (χ0v) is 31.2. The molecule has 0 spiro atoms. The van der Waals surface area contributed by atoms with E-state index >= 15 is 0 Å². The fourth-order valence-corrected chi connectivity index (χ4v) is 6.02. The lowest BCUT2D eigenvalue weighted by molar-refractivity contribution is -0.154. The van der Waals surface area contributed by atoms with Gasteiger partial charge in [0.2, 0.25) is 0 Å². The molecule has 9 nitrogen and oxygen atoms in total. The summed E-state index contributed by atoms with van der Waals surface area (Å²) in [7, 11) is -4.50. The summed E-state index contributed by atoms with van der Waals surface area (Å²) in [6.45, 7) is 3.51. The first-order valence-electron chi connectivity index (χ1n) is 19.2. The second-order valence-electron chi connectivity index (χ2n) is 13.0. The van der Waals surface area contributed by atoms with Crippen LogP contribution in [0.5, 0.6) is 0 Å². The van der Waals surface area contributed by atoms with Crippen molar-refractivity contribution in [3.05, 3.63) is 12.2 Å². The summed E-state index contributed by atoms with van der Waals surface area (Å²) >= 11 is 0. The van der Waals surface area contributed by atoms with Crippen LogP contribution >= 0.6 is 7.82 Å². The van der Waals surface area contributed by atoms with Crippen LogP contribution in [0.15, 0.2) is 12.2 Å². The normalized spacial score (nSPS) is 14.4. The third-order valence-electron chi connectivity index (χ3n) is 8.20. The zero-order chi connectivity index (χ0) is 34.7. The van der Waals surface area contributed by atoms with Crippen LogP contribution in [0.25, 0.3) is 0 Å². The van der Waals surface area contributed by atoms with Gasteiger partial charge in [0.05, 0.1) is 26.4 Å². The van der Waals surface area contributed by atoms with Crippen molar-refractivity contribution in [3.8, 4) is 0 Å². The number of allylic oxidation sites excluding steroid dienone is 2. The Morgan fingerprint density at radius 1 is 0.638 bits per heavy atom. The Kier molecular flexibility index (Phi) is 34.4. The maximum Gasteiger partial charge on any atom is 0.472 e. The minimum absolute atomic E-state index is 0.0507. The lowest BCUT2D eigenvalue weighted by Crippen LogP contribution is -2.29. The lowest BCUT2D eigenvalue weighted by atomic mass is 10.1. The van der Waals surface area contributed by atoms with Crippen molar-refractivity contribution in [1.29, 1.82) is 0 Å². The number of esters is 1. The maximum atomic E-state index is 12.5. The van der Waals surface area contributed by atoms with Gasteiger partial charge in [0.25, 0.3) is 0 Å². The Labute approximate surface area is 288 Å². The third kappa shape index (κ3) is 34.8. The highest BCUT2D eigenvalue weighted by atomic mass is 31.2. The van der Waals surface area contributed by atoms with E-state index in [1.54, 1.807) is 0 Å². The molecule has 0 aromatic rings. The van der Waals surface area contributed by atoms with E-state index < -0.39 is 33.2 Å². The average Bonchev–Trinajstić information content (AvgIpc) is 3.06. The number of phosphoric ester groups is 1. The number of carbonyl (C=O) groups excluding carboxylic acids is 1. The summed E-state index contributed by atoms with van der Waals surface area (Å²) in [6, 6.07) is 0. The fraction of sp³-hybridized carbons (Fsp3) is 0.919. The molecule has 3 atom stereocenters. The predicted molar refractivity (Wildman–Crippen MR) is 191 cm³/mol. The standard InChI is InChI=1S/C37H73O9P/c1-3-5-7-9-11-13-15-16-17-18-19-21-23-25-27-29-37(40)46-36(34-45-47(41,42)44-32-35(39)31-38)33-43-30-28-26-24-22-20-14-12-10-8-6-4-2/h16-17,35-36,38-39H,3-15,18-34H2,1-2H3,(H,41,42)/b17-16-. The summed E-state index contributed by atoms with van der Waals surface area (Å²) in [5, 5.41) is 18.3. The van der Waals surface area contributed by atoms with Crippen LogP contribution in [0.2, 0.25) is 0 Å². The van der Waals surface area contributed by atoms with E-state index in [2.05, 4.69) is 26.0 Å². The quantitative estimate of drug-likeness (QED) is 0.0252. The number of unbranched alkanes of at least 4 members (excludes halogenated alkanes) is 21. The monoisotopic (exact) mass is 692 g/mol. The molecule has 0 amide bonds. The lowest BCUT2D eigenvalue weighted by Gasteiger charge is -2.20. The highest BCUT2D eigenvalue weighted by molar-refractivity contribution is 7.47. The molecule has 0 aromatic carbocycles. The van der Waals surface area contributed by atoms with Gasteiger partial charge in [-0.15, -0.1) is 0 Å². The van der Waals surface area contributed by atoms with Gasteiger partial charge in [-0.1, -0.05) is 142 Å². The number of carbonyl (C=O) groups is 1. The van der Waals surface area contributed by atoms with Crippen LogP contribution in [0.3, 0.4) is 0 Å². The first-order chi connectivity index (χ1) is 22.8. The molecule has 47 heavy (non-hydrogen) atoms. The van der Waals surface area contributed by atoms with E-state index in [4.69, 9.17) is 23.6 Å². The molecule has 0 fully saturated rings. The second kappa shape index (κ2) is 35.0. The van der Waals surface area contributed by atoms with Crippen LogP contribution in [0.4, 0.5) is 0 Å². The molecule has 0 aliphatic rings. The summed E-state index contributed by atoms with van der Waals surface area (Å²) in [6.07, 6.45) is 31.6. The number of hydrogen-bond acceptors (Lipinski definition) is 8.